The topological polar surface area (TPSA) is 49.7 Å². The Morgan fingerprint density at radius 1 is 1.38 bits per heavy atom. The lowest BCUT2D eigenvalue weighted by atomic mass is 9.75. The molecule has 2 N–H and O–H groups in total. The zero-order valence-corrected chi connectivity index (χ0v) is 10.1. The lowest BCUT2D eigenvalue weighted by Gasteiger charge is -2.14. The summed E-state index contributed by atoms with van der Waals surface area (Å²) in [6.07, 6.45) is 1.90. The SMILES string of the molecule is CCC(C)Cc1cc(OC)ccc1B(O)O. The number of rotatable bonds is 5. The number of ether oxygens (including phenoxy) is 1. The van der Waals surface area contributed by atoms with E-state index < -0.39 is 7.12 Å². The first-order valence-electron chi connectivity index (χ1n) is 5.61. The van der Waals surface area contributed by atoms with Crippen LogP contribution in [0.1, 0.15) is 25.8 Å². The number of hydrogen-bond donors (Lipinski definition) is 2. The number of hydrogen-bond acceptors (Lipinski definition) is 3. The molecular weight excluding hydrogens is 203 g/mol. The summed E-state index contributed by atoms with van der Waals surface area (Å²) in [5, 5.41) is 18.5. The molecule has 1 rings (SSSR count). The predicted molar refractivity (Wildman–Crippen MR) is 66.0 cm³/mol. The quantitative estimate of drug-likeness (QED) is 0.729. The second kappa shape index (κ2) is 5.92. The fourth-order valence-electron chi connectivity index (χ4n) is 1.66. The van der Waals surface area contributed by atoms with Crippen molar-refractivity contribution in [1.29, 1.82) is 0 Å². The van der Waals surface area contributed by atoms with Gasteiger partial charge >= 0.3 is 7.12 Å². The first-order valence-corrected chi connectivity index (χ1v) is 5.61. The number of methoxy groups -OCH3 is 1. The first kappa shape index (κ1) is 13.1. The summed E-state index contributed by atoms with van der Waals surface area (Å²) in [4.78, 5) is 0. The molecule has 16 heavy (non-hydrogen) atoms. The van der Waals surface area contributed by atoms with Crippen molar-refractivity contribution in [3.8, 4) is 5.75 Å². The Morgan fingerprint density at radius 3 is 2.56 bits per heavy atom. The highest BCUT2D eigenvalue weighted by Gasteiger charge is 2.17. The van der Waals surface area contributed by atoms with Crippen molar-refractivity contribution in [3.63, 3.8) is 0 Å². The zero-order valence-electron chi connectivity index (χ0n) is 10.1. The van der Waals surface area contributed by atoms with Crippen LogP contribution in [0, 0.1) is 5.92 Å². The van der Waals surface area contributed by atoms with E-state index in [2.05, 4.69) is 13.8 Å². The summed E-state index contributed by atoms with van der Waals surface area (Å²) < 4.78 is 5.14. The van der Waals surface area contributed by atoms with Gasteiger partial charge in [-0.05, 0) is 35.5 Å². The van der Waals surface area contributed by atoms with Gasteiger partial charge < -0.3 is 14.8 Å². The molecule has 0 amide bonds. The van der Waals surface area contributed by atoms with Crippen molar-refractivity contribution >= 4 is 12.6 Å². The van der Waals surface area contributed by atoms with E-state index in [0.717, 1.165) is 24.2 Å². The van der Waals surface area contributed by atoms with Crippen molar-refractivity contribution in [3.05, 3.63) is 23.8 Å². The largest absolute Gasteiger partial charge is 0.497 e. The van der Waals surface area contributed by atoms with Crippen LogP contribution in [0.4, 0.5) is 0 Å². The molecule has 0 aromatic heterocycles. The molecule has 1 atom stereocenters. The molecule has 0 fully saturated rings. The van der Waals surface area contributed by atoms with Crippen LogP contribution < -0.4 is 10.2 Å². The Labute approximate surface area is 97.2 Å². The van der Waals surface area contributed by atoms with E-state index in [9.17, 15) is 10.0 Å². The minimum atomic E-state index is -1.41. The summed E-state index contributed by atoms with van der Waals surface area (Å²) in [6, 6.07) is 5.33. The molecule has 0 aliphatic heterocycles. The summed E-state index contributed by atoms with van der Waals surface area (Å²) in [6.45, 7) is 4.27. The molecule has 0 heterocycles. The Bertz CT molecular complexity index is 339. The minimum absolute atomic E-state index is 0.518. The van der Waals surface area contributed by atoms with Gasteiger partial charge in [0.2, 0.25) is 0 Å². The van der Waals surface area contributed by atoms with Crippen LogP contribution >= 0.6 is 0 Å². The van der Waals surface area contributed by atoms with Gasteiger partial charge in [-0.3, -0.25) is 0 Å². The lowest BCUT2D eigenvalue weighted by Crippen LogP contribution is -2.33. The van der Waals surface area contributed by atoms with Crippen LogP contribution in [0.2, 0.25) is 0 Å². The van der Waals surface area contributed by atoms with Crippen molar-refractivity contribution < 1.29 is 14.8 Å². The van der Waals surface area contributed by atoms with E-state index in [1.165, 1.54) is 0 Å². The lowest BCUT2D eigenvalue weighted by molar-refractivity contribution is 0.412. The van der Waals surface area contributed by atoms with E-state index in [-0.39, 0.29) is 0 Å². The van der Waals surface area contributed by atoms with Gasteiger partial charge in [-0.1, -0.05) is 26.3 Å². The monoisotopic (exact) mass is 222 g/mol. The summed E-state index contributed by atoms with van der Waals surface area (Å²) in [5.74, 6) is 1.27. The van der Waals surface area contributed by atoms with E-state index in [1.54, 1.807) is 19.2 Å². The van der Waals surface area contributed by atoms with E-state index in [0.29, 0.717) is 11.4 Å². The fourth-order valence-corrected chi connectivity index (χ4v) is 1.66. The first-order chi connectivity index (χ1) is 7.58. The maximum atomic E-state index is 9.27. The third-order valence-corrected chi connectivity index (χ3v) is 2.89. The van der Waals surface area contributed by atoms with Crippen LogP contribution in [0.25, 0.3) is 0 Å². The Kier molecular flexibility index (Phi) is 4.84. The minimum Gasteiger partial charge on any atom is -0.497 e. The van der Waals surface area contributed by atoms with Crippen LogP contribution in [-0.2, 0) is 6.42 Å². The highest BCUT2D eigenvalue weighted by atomic mass is 16.5. The molecule has 0 spiro atoms. The van der Waals surface area contributed by atoms with Gasteiger partial charge in [-0.2, -0.15) is 0 Å². The fraction of sp³-hybridized carbons (Fsp3) is 0.500. The molecule has 0 saturated heterocycles. The molecule has 1 aromatic rings. The number of benzene rings is 1. The average molecular weight is 222 g/mol. The second-order valence-corrected chi connectivity index (χ2v) is 4.16. The van der Waals surface area contributed by atoms with E-state index in [4.69, 9.17) is 4.74 Å². The molecule has 3 nitrogen and oxygen atoms in total. The van der Waals surface area contributed by atoms with Gasteiger partial charge in [0.25, 0.3) is 0 Å². The van der Waals surface area contributed by atoms with Gasteiger partial charge in [0.05, 0.1) is 7.11 Å². The summed E-state index contributed by atoms with van der Waals surface area (Å²) in [7, 11) is 0.196. The second-order valence-electron chi connectivity index (χ2n) is 4.16. The Balaban J connectivity index is 3.00. The summed E-state index contributed by atoms with van der Waals surface area (Å²) in [5.41, 5.74) is 1.52. The van der Waals surface area contributed by atoms with Gasteiger partial charge in [-0.25, -0.2) is 0 Å². The third kappa shape index (κ3) is 3.25. The molecule has 4 heteroatoms. The Hall–Kier alpha value is -0.995. The molecule has 0 aliphatic carbocycles. The third-order valence-electron chi connectivity index (χ3n) is 2.89. The molecule has 0 radical (unpaired) electrons. The average Bonchev–Trinajstić information content (AvgIpc) is 2.28. The van der Waals surface area contributed by atoms with Crippen molar-refractivity contribution in [2.75, 3.05) is 7.11 Å². The molecule has 1 unspecified atom stereocenters. The highest BCUT2D eigenvalue weighted by Crippen LogP contribution is 2.16. The molecule has 88 valence electrons. The van der Waals surface area contributed by atoms with Crippen molar-refractivity contribution in [2.45, 2.75) is 26.7 Å². The van der Waals surface area contributed by atoms with Crippen molar-refractivity contribution in [1.82, 2.24) is 0 Å². The zero-order chi connectivity index (χ0) is 12.1. The Morgan fingerprint density at radius 2 is 2.06 bits per heavy atom. The smallest absolute Gasteiger partial charge is 0.488 e. The molecule has 0 aliphatic rings. The summed E-state index contributed by atoms with van der Waals surface area (Å²) >= 11 is 0. The van der Waals surface area contributed by atoms with Gasteiger partial charge in [0, 0.05) is 0 Å². The van der Waals surface area contributed by atoms with E-state index in [1.807, 2.05) is 6.07 Å². The van der Waals surface area contributed by atoms with Crippen molar-refractivity contribution in [2.24, 2.45) is 5.92 Å². The van der Waals surface area contributed by atoms with Gasteiger partial charge in [-0.15, -0.1) is 0 Å². The van der Waals surface area contributed by atoms with Crippen LogP contribution in [0.5, 0.6) is 5.75 Å². The predicted octanol–water partition coefficient (Wildman–Crippen LogP) is 0.964. The maximum absolute atomic E-state index is 9.27. The molecule has 0 saturated carbocycles. The normalized spacial score (nSPS) is 12.3. The van der Waals surface area contributed by atoms with Crippen LogP contribution in [0.3, 0.4) is 0 Å². The standard InChI is InChI=1S/C12H19BO3/c1-4-9(2)7-10-8-11(16-3)5-6-12(10)13(14)15/h5-6,8-9,14-15H,4,7H2,1-3H3. The van der Waals surface area contributed by atoms with Crippen LogP contribution in [-0.4, -0.2) is 24.3 Å². The van der Waals surface area contributed by atoms with E-state index >= 15 is 0 Å². The van der Waals surface area contributed by atoms with Crippen LogP contribution in [0.15, 0.2) is 18.2 Å². The highest BCUT2D eigenvalue weighted by molar-refractivity contribution is 6.59. The maximum Gasteiger partial charge on any atom is 0.488 e. The van der Waals surface area contributed by atoms with Gasteiger partial charge in [0.1, 0.15) is 5.75 Å². The van der Waals surface area contributed by atoms with Gasteiger partial charge in [0.15, 0.2) is 0 Å². The molecular formula is C12H19BO3. The molecule has 1 aromatic carbocycles. The molecule has 0 bridgehead atoms.